The van der Waals surface area contributed by atoms with Crippen LogP contribution in [0.15, 0.2) is 48.8 Å². The number of fused-ring (bicyclic) bond motifs is 2. The van der Waals surface area contributed by atoms with Crippen LogP contribution in [0.5, 0.6) is 5.88 Å². The molecule has 154 valence electrons. The summed E-state index contributed by atoms with van der Waals surface area (Å²) in [4.78, 5) is 11.4. The van der Waals surface area contributed by atoms with Gasteiger partial charge in [-0.05, 0) is 63.7 Å². The predicted octanol–water partition coefficient (Wildman–Crippen LogP) is 3.85. The number of ether oxygens (including phenoxy) is 1. The highest BCUT2D eigenvalue weighted by Gasteiger charge is 2.42. The van der Waals surface area contributed by atoms with Crippen LogP contribution in [0, 0.1) is 0 Å². The molecule has 1 fully saturated rings. The van der Waals surface area contributed by atoms with Crippen molar-refractivity contribution in [3.8, 4) is 17.0 Å². The van der Waals surface area contributed by atoms with E-state index in [2.05, 4.69) is 65.5 Å². The molecule has 7 nitrogen and oxygen atoms in total. The van der Waals surface area contributed by atoms with E-state index >= 15 is 0 Å². The molecule has 0 spiro atoms. The zero-order valence-electron chi connectivity index (χ0n) is 17.8. The second kappa shape index (κ2) is 6.95. The number of benzene rings is 1. The molecule has 1 aliphatic carbocycles. The summed E-state index contributed by atoms with van der Waals surface area (Å²) in [5, 5.41) is 9.26. The molecular weight excluding hydrogens is 376 g/mol. The van der Waals surface area contributed by atoms with Crippen LogP contribution in [-0.2, 0) is 0 Å². The fourth-order valence-electron chi connectivity index (χ4n) is 4.32. The normalized spacial score (nSPS) is 21.2. The van der Waals surface area contributed by atoms with Crippen molar-refractivity contribution in [1.82, 2.24) is 24.5 Å². The zero-order valence-corrected chi connectivity index (χ0v) is 17.8. The third kappa shape index (κ3) is 3.06. The van der Waals surface area contributed by atoms with Gasteiger partial charge < -0.3 is 15.0 Å². The molecule has 1 aromatic carbocycles. The molecule has 0 amide bonds. The van der Waals surface area contributed by atoms with Gasteiger partial charge >= 0.3 is 0 Å². The minimum atomic E-state index is 0.234. The monoisotopic (exact) mass is 402 g/mol. The van der Waals surface area contributed by atoms with Crippen LogP contribution in [-0.4, -0.2) is 57.3 Å². The van der Waals surface area contributed by atoms with Gasteiger partial charge in [-0.15, -0.1) is 5.10 Å². The molecule has 3 heterocycles. The summed E-state index contributed by atoms with van der Waals surface area (Å²) in [6, 6.07) is 12.7. The van der Waals surface area contributed by atoms with Crippen molar-refractivity contribution < 1.29 is 4.74 Å². The zero-order chi connectivity index (χ0) is 20.9. The maximum absolute atomic E-state index is 5.66. The number of aromatic nitrogens is 4. The molecule has 7 heteroatoms. The predicted molar refractivity (Wildman–Crippen MR) is 119 cm³/mol. The van der Waals surface area contributed by atoms with Gasteiger partial charge in [0, 0.05) is 34.9 Å². The minimum absolute atomic E-state index is 0.234. The molecule has 30 heavy (non-hydrogen) atoms. The highest BCUT2D eigenvalue weighted by molar-refractivity contribution is 5.90. The van der Waals surface area contributed by atoms with Gasteiger partial charge in [0.25, 0.3) is 0 Å². The number of pyridine rings is 1. The molecule has 1 aliphatic rings. The molecule has 0 bridgehead atoms. The number of methoxy groups -OCH3 is 1. The number of hydrogen-bond acceptors (Lipinski definition) is 6. The van der Waals surface area contributed by atoms with E-state index in [9.17, 15) is 0 Å². The lowest BCUT2D eigenvalue weighted by Gasteiger charge is -2.49. The Balaban J connectivity index is 1.48. The van der Waals surface area contributed by atoms with Gasteiger partial charge in [-0.3, -0.25) is 4.98 Å². The lowest BCUT2D eigenvalue weighted by atomic mass is 9.73. The molecule has 1 N–H and O–H groups in total. The largest absolute Gasteiger partial charge is 0.479 e. The van der Waals surface area contributed by atoms with Gasteiger partial charge in [-0.2, -0.15) is 4.98 Å². The molecule has 0 radical (unpaired) electrons. The maximum Gasteiger partial charge on any atom is 0.244 e. The summed E-state index contributed by atoms with van der Waals surface area (Å²) in [6.07, 6.45) is 5.89. The first kappa shape index (κ1) is 18.8. The van der Waals surface area contributed by atoms with Gasteiger partial charge in [-0.1, -0.05) is 12.1 Å². The Morgan fingerprint density at radius 3 is 2.80 bits per heavy atom. The summed E-state index contributed by atoms with van der Waals surface area (Å²) in [5.41, 5.74) is 4.19. The maximum atomic E-state index is 5.66. The van der Waals surface area contributed by atoms with Crippen molar-refractivity contribution in [1.29, 1.82) is 0 Å². The van der Waals surface area contributed by atoms with Gasteiger partial charge in [0.2, 0.25) is 11.8 Å². The quantitative estimate of drug-likeness (QED) is 0.547. The molecule has 0 saturated heterocycles. The molecule has 5 rings (SSSR count). The fourth-order valence-corrected chi connectivity index (χ4v) is 4.32. The third-order valence-electron chi connectivity index (χ3n) is 6.37. The molecule has 0 atom stereocenters. The first-order valence-corrected chi connectivity index (χ1v) is 10.2. The van der Waals surface area contributed by atoms with Crippen LogP contribution in [0.2, 0.25) is 0 Å². The minimum Gasteiger partial charge on any atom is -0.479 e. The summed E-state index contributed by atoms with van der Waals surface area (Å²) in [6.45, 7) is 2.28. The average Bonchev–Trinajstić information content (AvgIpc) is 3.15. The summed E-state index contributed by atoms with van der Waals surface area (Å²) in [5.74, 6) is 1.16. The number of rotatable bonds is 5. The molecular formula is C23H26N6O. The van der Waals surface area contributed by atoms with Crippen LogP contribution < -0.4 is 10.1 Å². The van der Waals surface area contributed by atoms with E-state index in [0.717, 1.165) is 40.4 Å². The Labute approximate surface area is 175 Å². The van der Waals surface area contributed by atoms with E-state index in [-0.39, 0.29) is 5.54 Å². The average molecular weight is 403 g/mol. The standard InChI is InChI=1S/C23H26N6O/c1-23(28(2)3)13-17(14-23)25-22-26-21(30-4)20-18(9-11-29(20)27-22)15-7-8-19-16(12-15)6-5-10-24-19/h5-12,17H,13-14H2,1-4H3,(H,25,27). The Kier molecular flexibility index (Phi) is 4.36. The second-order valence-electron chi connectivity index (χ2n) is 8.52. The van der Waals surface area contributed by atoms with Crippen molar-refractivity contribution in [2.75, 3.05) is 26.5 Å². The van der Waals surface area contributed by atoms with Crippen LogP contribution in [0.4, 0.5) is 5.95 Å². The van der Waals surface area contributed by atoms with Crippen molar-refractivity contribution in [2.24, 2.45) is 0 Å². The lowest BCUT2D eigenvalue weighted by molar-refractivity contribution is 0.0679. The van der Waals surface area contributed by atoms with Crippen LogP contribution in [0.25, 0.3) is 27.5 Å². The number of anilines is 1. The topological polar surface area (TPSA) is 67.6 Å². The third-order valence-corrected chi connectivity index (χ3v) is 6.37. The van der Waals surface area contributed by atoms with E-state index in [0.29, 0.717) is 17.9 Å². The molecule has 0 aliphatic heterocycles. The molecule has 3 aromatic heterocycles. The lowest BCUT2D eigenvalue weighted by Crippen LogP contribution is -2.57. The Hall–Kier alpha value is -3.19. The molecule has 0 unspecified atom stereocenters. The highest BCUT2D eigenvalue weighted by Crippen LogP contribution is 2.38. The van der Waals surface area contributed by atoms with Crippen molar-refractivity contribution in [2.45, 2.75) is 31.3 Å². The SMILES string of the molecule is COc1nc(NC2CC(C)(N(C)C)C2)nn2ccc(-c3ccc4ncccc4c3)c12. The van der Waals surface area contributed by atoms with E-state index in [1.807, 2.05) is 29.0 Å². The second-order valence-corrected chi connectivity index (χ2v) is 8.52. The van der Waals surface area contributed by atoms with Crippen molar-refractivity contribution in [3.63, 3.8) is 0 Å². The van der Waals surface area contributed by atoms with Gasteiger partial charge in [0.15, 0.2) is 0 Å². The van der Waals surface area contributed by atoms with Crippen LogP contribution >= 0.6 is 0 Å². The first-order chi connectivity index (χ1) is 14.5. The summed E-state index contributed by atoms with van der Waals surface area (Å²) in [7, 11) is 5.91. The number of nitrogens with zero attached hydrogens (tertiary/aromatic N) is 5. The van der Waals surface area contributed by atoms with Gasteiger partial charge in [0.1, 0.15) is 5.52 Å². The Morgan fingerprint density at radius 2 is 2.03 bits per heavy atom. The first-order valence-electron chi connectivity index (χ1n) is 10.2. The van der Waals surface area contributed by atoms with E-state index < -0.39 is 0 Å². The van der Waals surface area contributed by atoms with Crippen LogP contribution in [0.3, 0.4) is 0 Å². The Bertz CT molecular complexity index is 1230. The van der Waals surface area contributed by atoms with Crippen LogP contribution in [0.1, 0.15) is 19.8 Å². The fraction of sp³-hybridized carbons (Fsp3) is 0.348. The smallest absolute Gasteiger partial charge is 0.244 e. The number of nitrogens with one attached hydrogen (secondary N) is 1. The number of hydrogen-bond donors (Lipinski definition) is 1. The van der Waals surface area contributed by atoms with Crippen molar-refractivity contribution in [3.05, 3.63) is 48.8 Å². The summed E-state index contributed by atoms with van der Waals surface area (Å²) >= 11 is 0. The molecule has 1 saturated carbocycles. The van der Waals surface area contributed by atoms with Gasteiger partial charge in [0.05, 0.1) is 12.6 Å². The van der Waals surface area contributed by atoms with Gasteiger partial charge in [-0.25, -0.2) is 4.52 Å². The van der Waals surface area contributed by atoms with E-state index in [4.69, 9.17) is 9.84 Å². The van der Waals surface area contributed by atoms with E-state index in [1.165, 1.54) is 0 Å². The molecule has 4 aromatic rings. The van der Waals surface area contributed by atoms with Crippen molar-refractivity contribution >= 4 is 22.4 Å². The Morgan fingerprint density at radius 1 is 1.20 bits per heavy atom. The van der Waals surface area contributed by atoms with E-state index in [1.54, 1.807) is 7.11 Å². The highest BCUT2D eigenvalue weighted by atomic mass is 16.5. The summed E-state index contributed by atoms with van der Waals surface area (Å²) < 4.78 is 7.50.